The van der Waals surface area contributed by atoms with Crippen LogP contribution in [-0.2, 0) is 10.2 Å². The summed E-state index contributed by atoms with van der Waals surface area (Å²) in [6.07, 6.45) is 5.03. The maximum atomic E-state index is 13.3. The first-order chi connectivity index (χ1) is 17.6. The fourth-order valence-corrected chi connectivity index (χ4v) is 5.30. The van der Waals surface area contributed by atoms with Gasteiger partial charge in [-0.05, 0) is 73.1 Å². The summed E-state index contributed by atoms with van der Waals surface area (Å²) in [4.78, 5) is 40.9. The van der Waals surface area contributed by atoms with E-state index in [2.05, 4.69) is 31.4 Å². The van der Waals surface area contributed by atoms with Crippen LogP contribution in [0.1, 0.15) is 85.6 Å². The fourth-order valence-electron chi connectivity index (χ4n) is 5.30. The van der Waals surface area contributed by atoms with Crippen LogP contribution in [0.2, 0.25) is 0 Å². The molecule has 2 fully saturated rings. The topological polar surface area (TPSA) is 78.5 Å². The number of benzene rings is 2. The molecule has 3 amide bonds. The van der Waals surface area contributed by atoms with E-state index in [1.807, 2.05) is 24.3 Å². The minimum Gasteiger partial charge on any atom is -0.351 e. The maximum absolute atomic E-state index is 13.3. The van der Waals surface area contributed by atoms with Crippen molar-refractivity contribution in [3.8, 4) is 0 Å². The molecular weight excluding hydrogens is 469 g/mol. The first-order valence-corrected chi connectivity index (χ1v) is 13.4. The van der Waals surface area contributed by atoms with Gasteiger partial charge in [0.1, 0.15) is 5.82 Å². The molecule has 7 heteroatoms. The molecule has 1 saturated heterocycles. The molecule has 1 saturated carbocycles. The van der Waals surface area contributed by atoms with Gasteiger partial charge in [-0.25, -0.2) is 4.39 Å². The summed E-state index contributed by atoms with van der Waals surface area (Å²) in [5, 5.41) is 6.21. The summed E-state index contributed by atoms with van der Waals surface area (Å²) < 4.78 is 13.2. The number of carbonyl (C=O) groups excluding carboxylic acids is 3. The third-order valence-corrected chi connectivity index (χ3v) is 7.59. The predicted octanol–water partition coefficient (Wildman–Crippen LogP) is 4.83. The van der Waals surface area contributed by atoms with Crippen molar-refractivity contribution in [1.29, 1.82) is 0 Å². The molecule has 0 spiro atoms. The van der Waals surface area contributed by atoms with Crippen molar-refractivity contribution in [2.45, 2.75) is 76.8 Å². The average molecular weight is 508 g/mol. The van der Waals surface area contributed by atoms with Crippen molar-refractivity contribution in [3.05, 3.63) is 71.0 Å². The highest BCUT2D eigenvalue weighted by molar-refractivity contribution is 5.95. The van der Waals surface area contributed by atoms with E-state index in [1.165, 1.54) is 29.8 Å². The van der Waals surface area contributed by atoms with Crippen LogP contribution in [0.15, 0.2) is 48.5 Å². The predicted molar refractivity (Wildman–Crippen MR) is 142 cm³/mol. The van der Waals surface area contributed by atoms with Crippen LogP contribution in [0.3, 0.4) is 0 Å². The minimum atomic E-state index is -0.388. The van der Waals surface area contributed by atoms with Gasteiger partial charge in [0.15, 0.2) is 0 Å². The molecule has 198 valence electrons. The second kappa shape index (κ2) is 11.4. The van der Waals surface area contributed by atoms with Crippen molar-refractivity contribution >= 4 is 17.7 Å². The Balaban J connectivity index is 1.36. The third kappa shape index (κ3) is 6.76. The Labute approximate surface area is 219 Å². The Morgan fingerprint density at radius 2 is 1.41 bits per heavy atom. The van der Waals surface area contributed by atoms with Crippen LogP contribution in [0.5, 0.6) is 0 Å². The molecule has 37 heavy (non-hydrogen) atoms. The molecule has 1 heterocycles. The number of amides is 3. The zero-order valence-corrected chi connectivity index (χ0v) is 22.1. The molecule has 1 unspecified atom stereocenters. The summed E-state index contributed by atoms with van der Waals surface area (Å²) in [7, 11) is 0. The molecule has 0 aromatic heterocycles. The molecule has 1 aliphatic carbocycles. The number of nitrogens with zero attached hydrogens (tertiary/aromatic N) is 1. The largest absolute Gasteiger partial charge is 0.351 e. The van der Waals surface area contributed by atoms with E-state index in [-0.39, 0.29) is 47.0 Å². The monoisotopic (exact) mass is 507 g/mol. The van der Waals surface area contributed by atoms with E-state index in [4.69, 9.17) is 0 Å². The van der Waals surface area contributed by atoms with Gasteiger partial charge in [0.2, 0.25) is 5.91 Å². The van der Waals surface area contributed by atoms with Gasteiger partial charge in [-0.2, -0.15) is 0 Å². The smallest absolute Gasteiger partial charge is 0.253 e. The van der Waals surface area contributed by atoms with Gasteiger partial charge >= 0.3 is 0 Å². The standard InChI is InChI=1S/C30H38FN3O3/c1-30(2,3)23-14-10-21(11-15-23)29(37)34-18-6-7-22(19-34)28(36)33-26-9-5-4-8-25(26)32-27(35)20-12-16-24(31)17-13-20/h10-17,22,25-26H,4-9,18-19H2,1-3H3,(H,32,35)(H,33,36)/t22?,25-,26-/m1/s1. The third-order valence-electron chi connectivity index (χ3n) is 7.59. The van der Waals surface area contributed by atoms with Crippen molar-refractivity contribution in [3.63, 3.8) is 0 Å². The average Bonchev–Trinajstić information content (AvgIpc) is 2.89. The lowest BCUT2D eigenvalue weighted by Crippen LogP contribution is -2.55. The first-order valence-electron chi connectivity index (χ1n) is 13.4. The lowest BCUT2D eigenvalue weighted by Gasteiger charge is -2.36. The van der Waals surface area contributed by atoms with Gasteiger partial charge in [0.25, 0.3) is 11.8 Å². The van der Waals surface area contributed by atoms with Gasteiger partial charge in [0, 0.05) is 36.3 Å². The highest BCUT2D eigenvalue weighted by Crippen LogP contribution is 2.25. The number of hydrogen-bond acceptors (Lipinski definition) is 3. The SMILES string of the molecule is CC(C)(C)c1ccc(C(=O)N2CCCC(C(=O)N[C@@H]3CCCC[C@H]3NC(=O)c3ccc(F)cc3)C2)cc1. The molecule has 2 N–H and O–H groups in total. The van der Waals surface area contributed by atoms with Gasteiger partial charge in [-0.15, -0.1) is 0 Å². The van der Waals surface area contributed by atoms with E-state index in [0.29, 0.717) is 24.2 Å². The Kier molecular flexibility index (Phi) is 8.30. The van der Waals surface area contributed by atoms with Crippen LogP contribution in [-0.4, -0.2) is 47.8 Å². The minimum absolute atomic E-state index is 0.0192. The Morgan fingerprint density at radius 1 is 0.811 bits per heavy atom. The van der Waals surface area contributed by atoms with E-state index in [0.717, 1.165) is 38.5 Å². The summed E-state index contributed by atoms with van der Waals surface area (Å²) in [6.45, 7) is 7.46. The molecule has 2 aromatic rings. The maximum Gasteiger partial charge on any atom is 0.253 e. The fraction of sp³-hybridized carbons (Fsp3) is 0.500. The number of nitrogens with one attached hydrogen (secondary N) is 2. The van der Waals surface area contributed by atoms with Crippen LogP contribution in [0.4, 0.5) is 4.39 Å². The lowest BCUT2D eigenvalue weighted by molar-refractivity contribution is -0.127. The quantitative estimate of drug-likeness (QED) is 0.608. The van der Waals surface area contributed by atoms with Crippen LogP contribution in [0, 0.1) is 11.7 Å². The van der Waals surface area contributed by atoms with Gasteiger partial charge in [-0.1, -0.05) is 45.7 Å². The van der Waals surface area contributed by atoms with E-state index < -0.39 is 0 Å². The molecule has 0 bridgehead atoms. The summed E-state index contributed by atoms with van der Waals surface area (Å²) in [6, 6.07) is 12.9. The lowest BCUT2D eigenvalue weighted by atomic mass is 9.86. The number of hydrogen-bond donors (Lipinski definition) is 2. The zero-order chi connectivity index (χ0) is 26.6. The Hall–Kier alpha value is -3.22. The van der Waals surface area contributed by atoms with Gasteiger partial charge in [0.05, 0.1) is 5.92 Å². The van der Waals surface area contributed by atoms with E-state index in [9.17, 15) is 18.8 Å². The molecule has 2 aliphatic rings. The molecule has 1 aliphatic heterocycles. The molecular formula is C30H38FN3O3. The van der Waals surface area contributed by atoms with Crippen LogP contribution in [0.25, 0.3) is 0 Å². The van der Waals surface area contributed by atoms with Crippen LogP contribution >= 0.6 is 0 Å². The second-order valence-electron chi connectivity index (χ2n) is 11.4. The second-order valence-corrected chi connectivity index (χ2v) is 11.4. The van der Waals surface area contributed by atoms with Crippen molar-refractivity contribution in [2.24, 2.45) is 5.92 Å². The molecule has 6 nitrogen and oxygen atoms in total. The normalized spacial score (nSPS) is 22.3. The molecule has 3 atom stereocenters. The first kappa shape index (κ1) is 26.8. The van der Waals surface area contributed by atoms with Crippen molar-refractivity contribution in [2.75, 3.05) is 13.1 Å². The van der Waals surface area contributed by atoms with Crippen molar-refractivity contribution < 1.29 is 18.8 Å². The highest BCUT2D eigenvalue weighted by Gasteiger charge is 2.33. The molecule has 2 aromatic carbocycles. The number of likely N-dealkylation sites (tertiary alicyclic amines) is 1. The summed E-state index contributed by atoms with van der Waals surface area (Å²) >= 11 is 0. The number of rotatable bonds is 5. The Bertz CT molecular complexity index is 1110. The summed E-state index contributed by atoms with van der Waals surface area (Å²) in [5.41, 5.74) is 2.23. The van der Waals surface area contributed by atoms with Crippen molar-refractivity contribution in [1.82, 2.24) is 15.5 Å². The molecule has 0 radical (unpaired) electrons. The number of carbonyl (C=O) groups is 3. The van der Waals surface area contributed by atoms with Crippen LogP contribution < -0.4 is 10.6 Å². The van der Waals surface area contributed by atoms with E-state index >= 15 is 0 Å². The Morgan fingerprint density at radius 3 is 2.03 bits per heavy atom. The van der Waals surface area contributed by atoms with Gasteiger partial charge < -0.3 is 15.5 Å². The number of piperidine rings is 1. The van der Waals surface area contributed by atoms with Gasteiger partial charge in [-0.3, -0.25) is 14.4 Å². The zero-order valence-electron chi connectivity index (χ0n) is 22.1. The van der Waals surface area contributed by atoms with E-state index in [1.54, 1.807) is 4.90 Å². The summed E-state index contributed by atoms with van der Waals surface area (Å²) in [5.74, 6) is -1.03. The molecule has 4 rings (SSSR count). The number of halogens is 1. The highest BCUT2D eigenvalue weighted by atomic mass is 19.1.